The lowest BCUT2D eigenvalue weighted by Crippen LogP contribution is -2.30. The number of amides is 3. The second kappa shape index (κ2) is 17.2. The Kier molecular flexibility index (Phi) is 12.3. The quantitative estimate of drug-likeness (QED) is 0.0819. The molecular formula is C39H34BrN3O6S. The summed E-state index contributed by atoms with van der Waals surface area (Å²) in [6.45, 7) is 0. The second-order valence-corrected chi connectivity index (χ2v) is 12.7. The van der Waals surface area contributed by atoms with Crippen molar-refractivity contribution in [2.45, 2.75) is 10.1 Å². The van der Waals surface area contributed by atoms with Gasteiger partial charge in [0.25, 0.3) is 11.8 Å². The molecule has 9 nitrogen and oxygen atoms in total. The van der Waals surface area contributed by atoms with Crippen LogP contribution in [0.3, 0.4) is 0 Å². The highest BCUT2D eigenvalue weighted by molar-refractivity contribution is 9.10. The molecule has 0 fully saturated rings. The molecule has 3 amide bonds. The third-order valence-corrected chi connectivity index (χ3v) is 9.36. The molecule has 254 valence electrons. The molecule has 5 aromatic carbocycles. The number of hydrogen-bond donors (Lipinski definition) is 3. The first-order chi connectivity index (χ1) is 24.3. The van der Waals surface area contributed by atoms with E-state index in [9.17, 15) is 14.4 Å². The predicted molar refractivity (Wildman–Crippen MR) is 201 cm³/mol. The van der Waals surface area contributed by atoms with Crippen LogP contribution in [0.1, 0.15) is 26.7 Å². The molecule has 0 saturated carbocycles. The minimum atomic E-state index is -0.568. The van der Waals surface area contributed by atoms with E-state index in [0.717, 1.165) is 14.9 Å². The number of ether oxygens (including phenoxy) is 3. The van der Waals surface area contributed by atoms with Crippen molar-refractivity contribution >= 4 is 62.9 Å². The van der Waals surface area contributed by atoms with Crippen molar-refractivity contribution in [2.75, 3.05) is 32.0 Å². The summed E-state index contributed by atoms with van der Waals surface area (Å²) >= 11 is 4.88. The highest BCUT2D eigenvalue weighted by Crippen LogP contribution is 2.38. The van der Waals surface area contributed by atoms with Crippen LogP contribution < -0.4 is 30.2 Å². The van der Waals surface area contributed by atoms with Crippen LogP contribution in [0.4, 0.5) is 11.4 Å². The third-order valence-electron chi connectivity index (χ3n) is 7.40. The molecule has 0 saturated heterocycles. The van der Waals surface area contributed by atoms with Gasteiger partial charge < -0.3 is 30.2 Å². The van der Waals surface area contributed by atoms with Gasteiger partial charge in [0.05, 0.1) is 27.0 Å². The Labute approximate surface area is 303 Å². The van der Waals surface area contributed by atoms with Gasteiger partial charge in [-0.05, 0) is 82.2 Å². The molecule has 1 unspecified atom stereocenters. The van der Waals surface area contributed by atoms with Crippen molar-refractivity contribution in [3.05, 3.63) is 148 Å². The molecular weight excluding hydrogens is 718 g/mol. The first kappa shape index (κ1) is 35.8. The normalized spacial score (nSPS) is 11.6. The summed E-state index contributed by atoms with van der Waals surface area (Å²) in [5.74, 6) is 0.0479. The van der Waals surface area contributed by atoms with Crippen LogP contribution in [0.25, 0.3) is 6.08 Å². The molecule has 5 aromatic rings. The number of rotatable bonds is 13. The number of methoxy groups -OCH3 is 3. The molecule has 11 heteroatoms. The summed E-state index contributed by atoms with van der Waals surface area (Å²) in [5, 5.41) is 8.08. The van der Waals surface area contributed by atoms with Gasteiger partial charge in [-0.15, -0.1) is 11.8 Å². The van der Waals surface area contributed by atoms with Crippen LogP contribution >= 0.6 is 27.7 Å². The first-order valence-electron chi connectivity index (χ1n) is 15.4. The van der Waals surface area contributed by atoms with Crippen molar-refractivity contribution in [3.8, 4) is 17.2 Å². The zero-order valence-electron chi connectivity index (χ0n) is 27.4. The fraction of sp³-hybridized carbons (Fsp3) is 0.103. The molecule has 0 aliphatic rings. The van der Waals surface area contributed by atoms with Crippen molar-refractivity contribution < 1.29 is 28.6 Å². The van der Waals surface area contributed by atoms with E-state index in [4.69, 9.17) is 14.2 Å². The summed E-state index contributed by atoms with van der Waals surface area (Å²) in [4.78, 5) is 41.3. The highest BCUT2D eigenvalue weighted by Gasteiger charge is 2.23. The monoisotopic (exact) mass is 751 g/mol. The maximum absolute atomic E-state index is 13.7. The number of nitrogens with one attached hydrogen (secondary N) is 3. The summed E-state index contributed by atoms with van der Waals surface area (Å²) in [6, 6.07) is 36.0. The summed E-state index contributed by atoms with van der Waals surface area (Å²) in [6.07, 6.45) is 1.51. The van der Waals surface area contributed by atoms with Crippen molar-refractivity contribution in [1.82, 2.24) is 5.32 Å². The first-order valence-corrected chi connectivity index (χ1v) is 17.0. The van der Waals surface area contributed by atoms with Gasteiger partial charge >= 0.3 is 0 Å². The smallest absolute Gasteiger partial charge is 0.272 e. The Bertz CT molecular complexity index is 1990. The molecule has 0 aliphatic carbocycles. The van der Waals surface area contributed by atoms with Crippen LogP contribution in [0, 0.1) is 0 Å². The SMILES string of the molecule is COc1cc(OC)c(OC)cc1/C=C(\NC(=O)c1ccccc1)C(=O)Nc1ccc(SC(C(=O)Nc2ccccc2Br)c2ccccc2)cc1. The summed E-state index contributed by atoms with van der Waals surface area (Å²) in [5.41, 5.74) is 2.81. The van der Waals surface area contributed by atoms with Gasteiger partial charge in [-0.2, -0.15) is 0 Å². The number of anilines is 2. The maximum Gasteiger partial charge on any atom is 0.272 e. The van der Waals surface area contributed by atoms with E-state index in [1.165, 1.54) is 39.2 Å². The summed E-state index contributed by atoms with van der Waals surface area (Å²) < 4.78 is 17.2. The lowest BCUT2D eigenvalue weighted by Gasteiger charge is -2.18. The molecule has 0 heterocycles. The van der Waals surface area contributed by atoms with E-state index in [1.54, 1.807) is 54.6 Å². The molecule has 0 spiro atoms. The van der Waals surface area contributed by atoms with Crippen LogP contribution in [0.15, 0.2) is 136 Å². The Morgan fingerprint density at radius 1 is 0.700 bits per heavy atom. The Balaban J connectivity index is 1.39. The average Bonchev–Trinajstić information content (AvgIpc) is 3.15. The molecule has 0 bridgehead atoms. The van der Waals surface area contributed by atoms with Crippen molar-refractivity contribution in [3.63, 3.8) is 0 Å². The number of hydrogen-bond acceptors (Lipinski definition) is 7. The number of halogens is 1. The number of benzene rings is 5. The minimum Gasteiger partial charge on any atom is -0.496 e. The van der Waals surface area contributed by atoms with Crippen LogP contribution in [-0.2, 0) is 9.59 Å². The zero-order chi connectivity index (χ0) is 35.5. The van der Waals surface area contributed by atoms with Crippen LogP contribution in [-0.4, -0.2) is 39.1 Å². The van der Waals surface area contributed by atoms with Crippen LogP contribution in [0.2, 0.25) is 0 Å². The maximum atomic E-state index is 13.7. The van der Waals surface area contributed by atoms with E-state index in [-0.39, 0.29) is 11.6 Å². The average molecular weight is 753 g/mol. The van der Waals surface area contributed by atoms with Gasteiger partial charge in [-0.3, -0.25) is 14.4 Å². The van der Waals surface area contributed by atoms with E-state index in [0.29, 0.717) is 39.8 Å². The van der Waals surface area contributed by atoms with E-state index in [1.807, 2.05) is 66.7 Å². The fourth-order valence-corrected chi connectivity index (χ4v) is 6.28. The second-order valence-electron chi connectivity index (χ2n) is 10.7. The molecule has 0 aromatic heterocycles. The number of carbonyl (C=O) groups excluding carboxylic acids is 3. The molecule has 1 atom stereocenters. The van der Waals surface area contributed by atoms with E-state index < -0.39 is 17.1 Å². The highest BCUT2D eigenvalue weighted by atomic mass is 79.9. The largest absolute Gasteiger partial charge is 0.496 e. The molecule has 0 aliphatic heterocycles. The Morgan fingerprint density at radius 2 is 1.30 bits per heavy atom. The van der Waals surface area contributed by atoms with Gasteiger partial charge in [-0.1, -0.05) is 60.7 Å². The van der Waals surface area contributed by atoms with Gasteiger partial charge in [0.15, 0.2) is 11.5 Å². The molecule has 0 radical (unpaired) electrons. The molecule has 5 rings (SSSR count). The fourth-order valence-electron chi connectivity index (χ4n) is 4.88. The van der Waals surface area contributed by atoms with Gasteiger partial charge in [-0.25, -0.2) is 0 Å². The van der Waals surface area contributed by atoms with Gasteiger partial charge in [0.1, 0.15) is 16.7 Å². The van der Waals surface area contributed by atoms with Crippen LogP contribution in [0.5, 0.6) is 17.2 Å². The van der Waals surface area contributed by atoms with E-state index in [2.05, 4.69) is 31.9 Å². The lowest BCUT2D eigenvalue weighted by atomic mass is 10.1. The minimum absolute atomic E-state index is 0.0318. The van der Waals surface area contributed by atoms with Crippen molar-refractivity contribution in [2.24, 2.45) is 0 Å². The van der Waals surface area contributed by atoms with Crippen molar-refractivity contribution in [1.29, 1.82) is 0 Å². The molecule has 3 N–H and O–H groups in total. The van der Waals surface area contributed by atoms with E-state index >= 15 is 0 Å². The molecule has 50 heavy (non-hydrogen) atoms. The van der Waals surface area contributed by atoms with Gasteiger partial charge in [0, 0.05) is 32.2 Å². The standard InChI is InChI=1S/C39H34BrN3O6S/c1-47-33-24-35(49-3)34(48-2)23-27(33)22-32(43-37(44)26-14-8-5-9-15-26)38(45)41-28-18-20-29(21-19-28)50-36(25-12-6-4-7-13-25)39(46)42-31-17-11-10-16-30(31)40/h4-24,36H,1-3H3,(H,41,45)(H,42,46)(H,43,44)/b32-22-. The summed E-state index contributed by atoms with van der Waals surface area (Å²) in [7, 11) is 4.50. The zero-order valence-corrected chi connectivity index (χ0v) is 29.8. The lowest BCUT2D eigenvalue weighted by molar-refractivity contribution is -0.116. The Hall–Kier alpha value is -5.52. The number of thioether (sulfide) groups is 1. The number of carbonyl (C=O) groups is 3. The third kappa shape index (κ3) is 9.13. The topological polar surface area (TPSA) is 115 Å². The predicted octanol–water partition coefficient (Wildman–Crippen LogP) is 8.36. The Morgan fingerprint density at radius 3 is 1.94 bits per heavy atom. The van der Waals surface area contributed by atoms with Gasteiger partial charge in [0.2, 0.25) is 5.91 Å². The number of para-hydroxylation sites is 1.